The molecule has 1 aliphatic carbocycles. The molecule has 0 N–H and O–H groups in total. The molecule has 1 aliphatic rings. The van der Waals surface area contributed by atoms with Gasteiger partial charge in [0.25, 0.3) is 0 Å². The van der Waals surface area contributed by atoms with E-state index in [9.17, 15) is 14.4 Å². The average molecular weight is 344 g/mol. The molecule has 0 amide bonds. The van der Waals surface area contributed by atoms with Crippen LogP contribution in [0.5, 0.6) is 0 Å². The standard InChI is InChI=1S/C13H17Cl3O4/c1-9(17)5-7-12(6-3-2-4-10(12)18)11(19)20-8-13(14,15)16/h2-8H2,1H3. The lowest BCUT2D eigenvalue weighted by Crippen LogP contribution is -2.44. The number of carbonyl (C=O) groups excluding carboxylic acids is 3. The van der Waals surface area contributed by atoms with Gasteiger partial charge in [-0.15, -0.1) is 0 Å². The van der Waals surface area contributed by atoms with Crippen LogP contribution in [0.1, 0.15) is 45.4 Å². The van der Waals surface area contributed by atoms with Crippen molar-refractivity contribution in [3.8, 4) is 0 Å². The Kier molecular flexibility index (Phi) is 6.29. The van der Waals surface area contributed by atoms with Gasteiger partial charge in [-0.1, -0.05) is 41.2 Å². The lowest BCUT2D eigenvalue weighted by Gasteiger charge is -2.33. The predicted molar refractivity (Wildman–Crippen MR) is 77.1 cm³/mol. The molecule has 4 nitrogen and oxygen atoms in total. The highest BCUT2D eigenvalue weighted by Crippen LogP contribution is 2.39. The summed E-state index contributed by atoms with van der Waals surface area (Å²) in [5.41, 5.74) is -1.25. The van der Waals surface area contributed by atoms with Crippen molar-refractivity contribution in [1.29, 1.82) is 0 Å². The fourth-order valence-electron chi connectivity index (χ4n) is 2.35. The van der Waals surface area contributed by atoms with E-state index in [1.807, 2.05) is 0 Å². The average Bonchev–Trinajstić information content (AvgIpc) is 2.34. The summed E-state index contributed by atoms with van der Waals surface area (Å²) >= 11 is 16.6. The third-order valence-corrected chi connectivity index (χ3v) is 3.78. The van der Waals surface area contributed by atoms with Gasteiger partial charge in [-0.2, -0.15) is 0 Å². The molecule has 114 valence electrons. The first-order chi connectivity index (χ1) is 9.17. The van der Waals surface area contributed by atoms with Crippen molar-refractivity contribution < 1.29 is 19.1 Å². The molecule has 0 aromatic carbocycles. The number of ketones is 2. The normalized spacial score (nSPS) is 23.5. The van der Waals surface area contributed by atoms with E-state index >= 15 is 0 Å². The highest BCUT2D eigenvalue weighted by molar-refractivity contribution is 6.67. The molecule has 0 bridgehead atoms. The number of hydrogen-bond donors (Lipinski definition) is 0. The van der Waals surface area contributed by atoms with Crippen LogP contribution in [0, 0.1) is 5.41 Å². The van der Waals surface area contributed by atoms with Gasteiger partial charge in [-0.25, -0.2) is 0 Å². The molecule has 1 rings (SSSR count). The summed E-state index contributed by atoms with van der Waals surface area (Å²) in [6, 6.07) is 0. The number of esters is 1. The van der Waals surface area contributed by atoms with Gasteiger partial charge in [0, 0.05) is 12.8 Å². The second-order valence-corrected chi connectivity index (χ2v) is 7.62. The van der Waals surface area contributed by atoms with Crippen LogP contribution in [0.25, 0.3) is 0 Å². The molecule has 0 heterocycles. The minimum Gasteiger partial charge on any atom is -0.460 e. The summed E-state index contributed by atoms with van der Waals surface area (Å²) < 4.78 is 3.27. The third-order valence-electron chi connectivity index (χ3n) is 3.45. The number of Topliss-reactive ketones (excluding diaryl/α,β-unsaturated/α-hetero) is 2. The maximum Gasteiger partial charge on any atom is 0.319 e. The van der Waals surface area contributed by atoms with Gasteiger partial charge in [0.05, 0.1) is 0 Å². The first kappa shape index (κ1) is 17.7. The van der Waals surface area contributed by atoms with Crippen LogP contribution in [0.4, 0.5) is 0 Å². The molecule has 0 radical (unpaired) electrons. The van der Waals surface area contributed by atoms with Crippen molar-refractivity contribution in [1.82, 2.24) is 0 Å². The molecule has 1 atom stereocenters. The van der Waals surface area contributed by atoms with Gasteiger partial charge in [-0.05, 0) is 26.2 Å². The summed E-state index contributed by atoms with van der Waals surface area (Å²) in [7, 11) is 0. The van der Waals surface area contributed by atoms with Crippen LogP contribution in [-0.4, -0.2) is 27.9 Å². The molecule has 0 saturated heterocycles. The quantitative estimate of drug-likeness (QED) is 0.436. The summed E-state index contributed by atoms with van der Waals surface area (Å²) in [4.78, 5) is 35.6. The van der Waals surface area contributed by atoms with Crippen molar-refractivity contribution in [3.63, 3.8) is 0 Å². The fourth-order valence-corrected chi connectivity index (χ4v) is 2.51. The maximum absolute atomic E-state index is 12.3. The van der Waals surface area contributed by atoms with Crippen LogP contribution in [0.3, 0.4) is 0 Å². The Balaban J connectivity index is 2.83. The van der Waals surface area contributed by atoms with Gasteiger partial charge in [0.2, 0.25) is 3.79 Å². The van der Waals surface area contributed by atoms with Gasteiger partial charge >= 0.3 is 5.97 Å². The smallest absolute Gasteiger partial charge is 0.319 e. The van der Waals surface area contributed by atoms with E-state index in [1.165, 1.54) is 6.92 Å². The maximum atomic E-state index is 12.3. The van der Waals surface area contributed by atoms with E-state index in [-0.39, 0.29) is 24.4 Å². The molecular weight excluding hydrogens is 326 g/mol. The second kappa shape index (κ2) is 7.10. The number of rotatable bonds is 5. The largest absolute Gasteiger partial charge is 0.460 e. The van der Waals surface area contributed by atoms with E-state index < -0.39 is 21.8 Å². The number of ether oxygens (including phenoxy) is 1. The van der Waals surface area contributed by atoms with Crippen molar-refractivity contribution in [2.45, 2.75) is 49.2 Å². The van der Waals surface area contributed by atoms with E-state index in [2.05, 4.69) is 0 Å². The number of halogens is 3. The third kappa shape index (κ3) is 4.90. The summed E-state index contributed by atoms with van der Waals surface area (Å²) in [5.74, 6) is -0.939. The fraction of sp³-hybridized carbons (Fsp3) is 0.769. The highest BCUT2D eigenvalue weighted by Gasteiger charge is 2.48. The van der Waals surface area contributed by atoms with Crippen LogP contribution in [0.2, 0.25) is 0 Å². The molecule has 0 aromatic rings. The Morgan fingerprint density at radius 3 is 2.45 bits per heavy atom. The van der Waals surface area contributed by atoms with Crippen molar-refractivity contribution in [2.24, 2.45) is 5.41 Å². The number of alkyl halides is 3. The molecule has 1 unspecified atom stereocenters. The summed E-state index contributed by atoms with van der Waals surface area (Å²) in [6.45, 7) is 1.01. The van der Waals surface area contributed by atoms with Gasteiger partial charge in [-0.3, -0.25) is 9.59 Å². The topological polar surface area (TPSA) is 60.4 Å². The summed E-state index contributed by atoms with van der Waals surface area (Å²) in [6.07, 6.45) is 2.53. The Hall–Kier alpha value is -0.320. The molecule has 1 fully saturated rings. The Bertz CT molecular complexity index is 403. The zero-order chi connectivity index (χ0) is 15.4. The van der Waals surface area contributed by atoms with Crippen molar-refractivity contribution in [3.05, 3.63) is 0 Å². The Morgan fingerprint density at radius 1 is 1.30 bits per heavy atom. The van der Waals surface area contributed by atoms with E-state index in [1.54, 1.807) is 0 Å². The minimum absolute atomic E-state index is 0.0723. The van der Waals surface area contributed by atoms with Crippen molar-refractivity contribution in [2.75, 3.05) is 6.61 Å². The van der Waals surface area contributed by atoms with Crippen LogP contribution in [-0.2, 0) is 19.1 Å². The van der Waals surface area contributed by atoms with Crippen LogP contribution >= 0.6 is 34.8 Å². The Labute approximate surface area is 133 Å². The minimum atomic E-state index is -1.71. The lowest BCUT2D eigenvalue weighted by atomic mass is 9.70. The van der Waals surface area contributed by atoms with Gasteiger partial charge in [0.15, 0.2) is 0 Å². The van der Waals surface area contributed by atoms with Crippen molar-refractivity contribution >= 4 is 52.3 Å². The second-order valence-electron chi connectivity index (χ2n) is 5.11. The van der Waals surface area contributed by atoms with Crippen LogP contribution in [0.15, 0.2) is 0 Å². The van der Waals surface area contributed by atoms with Gasteiger partial charge in [0.1, 0.15) is 23.6 Å². The number of hydrogen-bond acceptors (Lipinski definition) is 4. The molecule has 7 heteroatoms. The molecule has 0 aromatic heterocycles. The lowest BCUT2D eigenvalue weighted by molar-refractivity contribution is -0.163. The molecule has 0 aliphatic heterocycles. The molecule has 0 spiro atoms. The molecular formula is C13H17Cl3O4. The van der Waals surface area contributed by atoms with Crippen LogP contribution < -0.4 is 0 Å². The van der Waals surface area contributed by atoms with E-state index in [0.29, 0.717) is 12.8 Å². The number of carbonyl (C=O) groups is 3. The van der Waals surface area contributed by atoms with E-state index in [4.69, 9.17) is 39.5 Å². The SMILES string of the molecule is CC(=O)CCC1(C(=O)OCC(Cl)(Cl)Cl)CCCCC1=O. The zero-order valence-corrected chi connectivity index (χ0v) is 13.5. The first-order valence-electron chi connectivity index (χ1n) is 6.44. The monoisotopic (exact) mass is 342 g/mol. The zero-order valence-electron chi connectivity index (χ0n) is 11.2. The highest BCUT2D eigenvalue weighted by atomic mass is 35.6. The first-order valence-corrected chi connectivity index (χ1v) is 7.57. The van der Waals surface area contributed by atoms with Gasteiger partial charge < -0.3 is 9.53 Å². The summed E-state index contributed by atoms with van der Waals surface area (Å²) in [5, 5.41) is 0. The molecule has 1 saturated carbocycles. The predicted octanol–water partition coefficient (Wildman–Crippen LogP) is 3.40. The Morgan fingerprint density at radius 2 is 1.95 bits per heavy atom. The van der Waals surface area contributed by atoms with E-state index in [0.717, 1.165) is 12.8 Å². The molecule has 20 heavy (non-hydrogen) atoms.